The summed E-state index contributed by atoms with van der Waals surface area (Å²) in [5.74, 6) is -1.85. The van der Waals surface area contributed by atoms with Crippen LogP contribution in [0.1, 0.15) is 110 Å². The second-order valence-electron chi connectivity index (χ2n) is 12.5. The van der Waals surface area contributed by atoms with Crippen molar-refractivity contribution in [1.29, 1.82) is 0 Å². The van der Waals surface area contributed by atoms with Gasteiger partial charge in [0.05, 0.1) is 40.3 Å². The van der Waals surface area contributed by atoms with Crippen molar-refractivity contribution < 1.29 is 38.2 Å². The van der Waals surface area contributed by atoms with Gasteiger partial charge in [-0.1, -0.05) is 107 Å². The summed E-state index contributed by atoms with van der Waals surface area (Å²) < 4.78 is 16.9. The normalized spacial score (nSPS) is 13.8. The molecule has 8 heteroatoms. The SMILES string of the molecule is CC/C=C/C=C/C=C/C=C/CCCCCCCC(=O)OCC(COCCC(C(=O)[O-])[N+](C)(C)C)OC(=O)CC/C=C/CCCCC. The molecule has 2 atom stereocenters. The summed E-state index contributed by atoms with van der Waals surface area (Å²) in [6.45, 7) is 4.35. The minimum Gasteiger partial charge on any atom is -0.544 e. The van der Waals surface area contributed by atoms with E-state index < -0.39 is 18.1 Å². The van der Waals surface area contributed by atoms with Crippen LogP contribution in [0.3, 0.4) is 0 Å². The van der Waals surface area contributed by atoms with Crippen LogP contribution in [0.25, 0.3) is 0 Å². The maximum absolute atomic E-state index is 12.5. The summed E-state index contributed by atoms with van der Waals surface area (Å²) in [6, 6.07) is -0.734. The molecule has 262 valence electrons. The van der Waals surface area contributed by atoms with E-state index in [2.05, 4.69) is 38.2 Å². The fourth-order valence-corrected chi connectivity index (χ4v) is 4.51. The number of rotatable bonds is 29. The average molecular weight is 646 g/mol. The van der Waals surface area contributed by atoms with Crippen LogP contribution in [-0.2, 0) is 28.6 Å². The predicted octanol–water partition coefficient (Wildman–Crippen LogP) is 6.96. The number of likely N-dealkylation sites (N-methyl/N-ethyl adjacent to an activating group) is 1. The molecule has 0 rings (SSSR count). The summed E-state index contributed by atoms with van der Waals surface area (Å²) in [4.78, 5) is 36.4. The van der Waals surface area contributed by atoms with Crippen molar-refractivity contribution in [3.05, 3.63) is 60.8 Å². The summed E-state index contributed by atoms with van der Waals surface area (Å²) in [5, 5.41) is 11.5. The van der Waals surface area contributed by atoms with Crippen LogP contribution < -0.4 is 5.11 Å². The maximum atomic E-state index is 12.5. The highest BCUT2D eigenvalue weighted by Gasteiger charge is 2.25. The maximum Gasteiger partial charge on any atom is 0.306 e. The van der Waals surface area contributed by atoms with Crippen molar-refractivity contribution in [1.82, 2.24) is 0 Å². The molecule has 0 fully saturated rings. The van der Waals surface area contributed by atoms with Crippen LogP contribution in [0.15, 0.2) is 60.8 Å². The number of aliphatic carboxylic acids is 1. The number of esters is 2. The molecule has 0 aliphatic carbocycles. The van der Waals surface area contributed by atoms with Crippen LogP contribution in [0.2, 0.25) is 0 Å². The van der Waals surface area contributed by atoms with Gasteiger partial charge in [-0.15, -0.1) is 0 Å². The van der Waals surface area contributed by atoms with Crippen molar-refractivity contribution in [3.8, 4) is 0 Å². The Morgan fingerprint density at radius 3 is 1.96 bits per heavy atom. The Kier molecular flexibility index (Phi) is 27.5. The van der Waals surface area contributed by atoms with Gasteiger partial charge in [-0.25, -0.2) is 0 Å². The van der Waals surface area contributed by atoms with E-state index in [1.807, 2.05) is 36.5 Å². The molecule has 0 aromatic rings. The highest BCUT2D eigenvalue weighted by Crippen LogP contribution is 2.11. The number of carboxylic acids is 1. The molecule has 0 saturated carbocycles. The van der Waals surface area contributed by atoms with Gasteiger partial charge < -0.3 is 28.6 Å². The van der Waals surface area contributed by atoms with E-state index in [9.17, 15) is 19.5 Å². The smallest absolute Gasteiger partial charge is 0.306 e. The molecule has 46 heavy (non-hydrogen) atoms. The summed E-state index contributed by atoms with van der Waals surface area (Å²) in [7, 11) is 5.35. The van der Waals surface area contributed by atoms with E-state index in [1.165, 1.54) is 12.8 Å². The summed E-state index contributed by atoms with van der Waals surface area (Å²) >= 11 is 0. The molecular formula is C38H63NO7. The van der Waals surface area contributed by atoms with E-state index in [0.29, 0.717) is 12.8 Å². The number of nitrogens with zero attached hydrogens (tertiary/aromatic N) is 1. The van der Waals surface area contributed by atoms with Gasteiger partial charge in [0.15, 0.2) is 6.10 Å². The Balaban J connectivity index is 4.48. The summed E-state index contributed by atoms with van der Waals surface area (Å²) in [5.41, 5.74) is 0. The van der Waals surface area contributed by atoms with Gasteiger partial charge in [-0.05, 0) is 44.9 Å². The number of quaternary nitrogens is 1. The van der Waals surface area contributed by atoms with Crippen molar-refractivity contribution in [2.24, 2.45) is 0 Å². The Hall–Kier alpha value is -2.97. The molecule has 0 aromatic heterocycles. The van der Waals surface area contributed by atoms with Crippen LogP contribution in [0.4, 0.5) is 0 Å². The van der Waals surface area contributed by atoms with Crippen LogP contribution in [0, 0.1) is 0 Å². The minimum atomic E-state index is -1.14. The van der Waals surface area contributed by atoms with E-state index in [-0.39, 0.29) is 49.1 Å². The minimum absolute atomic E-state index is 0.0139. The lowest BCUT2D eigenvalue weighted by Gasteiger charge is -2.34. The molecule has 0 heterocycles. The molecular weight excluding hydrogens is 582 g/mol. The van der Waals surface area contributed by atoms with Gasteiger partial charge in [0, 0.05) is 19.3 Å². The first kappa shape index (κ1) is 43.0. The molecule has 0 saturated heterocycles. The van der Waals surface area contributed by atoms with E-state index in [0.717, 1.165) is 57.8 Å². The van der Waals surface area contributed by atoms with Crippen molar-refractivity contribution in [2.45, 2.75) is 122 Å². The quantitative estimate of drug-likeness (QED) is 0.0285. The number of ether oxygens (including phenoxy) is 3. The number of carbonyl (C=O) groups excluding carboxylic acids is 3. The lowest BCUT2D eigenvalue weighted by atomic mass is 10.1. The standard InChI is InChI=1S/C38H63NO7/c1-6-8-10-12-14-15-16-17-18-19-20-21-23-24-26-28-36(40)45-33-34(32-44-31-30-35(38(42)43)39(3,4)5)46-37(41)29-27-25-22-13-11-9-7-2/h8,10,12,14-18,22,25,34-35H,6-7,9,11,13,19-21,23-24,26-33H2,1-5H3/b10-8+,14-12+,16-15+,18-17+,25-22+. The van der Waals surface area contributed by atoms with Gasteiger partial charge in [0.1, 0.15) is 12.6 Å². The zero-order valence-electron chi connectivity index (χ0n) is 29.5. The number of hydrogen-bond acceptors (Lipinski definition) is 7. The van der Waals surface area contributed by atoms with Crippen LogP contribution in [-0.4, -0.2) is 75.5 Å². The Labute approximate surface area is 279 Å². The fourth-order valence-electron chi connectivity index (χ4n) is 4.51. The third-order valence-electron chi connectivity index (χ3n) is 7.25. The molecule has 0 aliphatic rings. The van der Waals surface area contributed by atoms with Gasteiger partial charge >= 0.3 is 11.9 Å². The lowest BCUT2D eigenvalue weighted by molar-refractivity contribution is -0.889. The zero-order valence-corrected chi connectivity index (χ0v) is 29.5. The van der Waals surface area contributed by atoms with Crippen molar-refractivity contribution in [2.75, 3.05) is 41.0 Å². The Bertz CT molecular complexity index is 943. The third-order valence-corrected chi connectivity index (χ3v) is 7.25. The Morgan fingerprint density at radius 2 is 1.28 bits per heavy atom. The second kappa shape index (κ2) is 29.4. The average Bonchev–Trinajstić information content (AvgIpc) is 3.00. The molecule has 8 nitrogen and oxygen atoms in total. The summed E-state index contributed by atoms with van der Waals surface area (Å²) in [6.07, 6.45) is 32.8. The second-order valence-corrected chi connectivity index (χ2v) is 12.5. The number of unbranched alkanes of at least 4 members (excludes halogenated alkanes) is 8. The molecule has 0 amide bonds. The monoisotopic (exact) mass is 645 g/mol. The molecule has 0 aliphatic heterocycles. The molecule has 0 bridgehead atoms. The van der Waals surface area contributed by atoms with Crippen molar-refractivity contribution in [3.63, 3.8) is 0 Å². The van der Waals surface area contributed by atoms with Crippen molar-refractivity contribution >= 4 is 17.9 Å². The number of carboxylic acid groups (broad SMARTS) is 1. The van der Waals surface area contributed by atoms with E-state index in [4.69, 9.17) is 14.2 Å². The van der Waals surface area contributed by atoms with E-state index in [1.54, 1.807) is 21.1 Å². The molecule has 0 aromatic carbocycles. The first-order valence-corrected chi connectivity index (χ1v) is 17.4. The molecule has 0 spiro atoms. The van der Waals surface area contributed by atoms with Gasteiger partial charge in [-0.2, -0.15) is 0 Å². The first-order chi connectivity index (χ1) is 22.1. The van der Waals surface area contributed by atoms with E-state index >= 15 is 0 Å². The van der Waals surface area contributed by atoms with Crippen LogP contribution >= 0.6 is 0 Å². The first-order valence-electron chi connectivity index (χ1n) is 17.4. The molecule has 2 unspecified atom stereocenters. The highest BCUT2D eigenvalue weighted by molar-refractivity contribution is 5.70. The Morgan fingerprint density at radius 1 is 0.674 bits per heavy atom. The van der Waals surface area contributed by atoms with Gasteiger partial charge in [0.25, 0.3) is 0 Å². The zero-order chi connectivity index (χ0) is 34.3. The topological polar surface area (TPSA) is 102 Å². The predicted molar refractivity (Wildman–Crippen MR) is 185 cm³/mol. The third kappa shape index (κ3) is 27.3. The van der Waals surface area contributed by atoms with Crippen LogP contribution in [0.5, 0.6) is 0 Å². The lowest BCUT2D eigenvalue weighted by Crippen LogP contribution is -2.55. The number of allylic oxidation sites excluding steroid dienone is 10. The number of carbonyl (C=O) groups is 3. The molecule has 0 N–H and O–H groups in total. The fraction of sp³-hybridized carbons (Fsp3) is 0.658. The van der Waals surface area contributed by atoms with Gasteiger partial charge in [0.2, 0.25) is 0 Å². The highest BCUT2D eigenvalue weighted by atomic mass is 16.6. The largest absolute Gasteiger partial charge is 0.544 e. The van der Waals surface area contributed by atoms with Gasteiger partial charge in [-0.3, -0.25) is 9.59 Å². The molecule has 0 radical (unpaired) electrons. The number of hydrogen-bond donors (Lipinski definition) is 0.